The van der Waals surface area contributed by atoms with Crippen molar-refractivity contribution in [2.75, 3.05) is 7.05 Å². The summed E-state index contributed by atoms with van der Waals surface area (Å²) in [5.74, 6) is 0.240. The molecule has 1 N–H and O–H groups in total. The van der Waals surface area contributed by atoms with Crippen LogP contribution in [-0.2, 0) is 12.8 Å². The Kier molecular flexibility index (Phi) is 5.83. The molecule has 0 amide bonds. The molecule has 0 saturated heterocycles. The Morgan fingerprint density at radius 3 is 2.72 bits per heavy atom. The molecule has 3 heteroatoms. The first-order chi connectivity index (χ1) is 8.26. The second-order valence-electron chi connectivity index (χ2n) is 4.83. The fourth-order valence-electron chi connectivity index (χ4n) is 2.62. The first-order valence-electron chi connectivity index (χ1n) is 6.59. The summed E-state index contributed by atoms with van der Waals surface area (Å²) in [5.41, 5.74) is 3.68. The third-order valence-corrected chi connectivity index (χ3v) is 3.63. The van der Waals surface area contributed by atoms with Gasteiger partial charge in [0.1, 0.15) is 0 Å². The molecule has 18 heavy (non-hydrogen) atoms. The van der Waals surface area contributed by atoms with Gasteiger partial charge in [-0.15, -0.1) is 12.4 Å². The van der Waals surface area contributed by atoms with Gasteiger partial charge < -0.3 is 5.32 Å². The zero-order chi connectivity index (χ0) is 12.3. The number of likely N-dealkylation sites (N-methyl/N-ethyl adjacent to an activating group) is 1. The zero-order valence-corrected chi connectivity index (χ0v) is 12.0. The van der Waals surface area contributed by atoms with Crippen molar-refractivity contribution in [3.63, 3.8) is 0 Å². The number of hydrogen-bond acceptors (Lipinski definition) is 2. The molecule has 0 saturated carbocycles. The quantitative estimate of drug-likeness (QED) is 0.831. The molecule has 0 fully saturated rings. The molecule has 1 aliphatic carbocycles. The first-order valence-corrected chi connectivity index (χ1v) is 6.59. The second kappa shape index (κ2) is 6.91. The summed E-state index contributed by atoms with van der Waals surface area (Å²) in [7, 11) is 1.87. The van der Waals surface area contributed by atoms with Crippen LogP contribution in [0.4, 0.5) is 0 Å². The molecule has 0 radical (unpaired) electrons. The highest BCUT2D eigenvalue weighted by Crippen LogP contribution is 2.23. The van der Waals surface area contributed by atoms with E-state index in [1.165, 1.54) is 24.0 Å². The second-order valence-corrected chi connectivity index (χ2v) is 4.83. The highest BCUT2D eigenvalue weighted by molar-refractivity contribution is 6.00. The average Bonchev–Trinajstić information content (AvgIpc) is 2.82. The number of carbonyl (C=O) groups is 1. The SMILES string of the molecule is CCCC(NC)C(=O)c1ccc2c(c1)CCC2.Cl. The lowest BCUT2D eigenvalue weighted by Crippen LogP contribution is -2.33. The lowest BCUT2D eigenvalue weighted by Gasteiger charge is -2.14. The largest absolute Gasteiger partial charge is 0.310 e. The van der Waals surface area contributed by atoms with E-state index in [-0.39, 0.29) is 24.2 Å². The van der Waals surface area contributed by atoms with Crippen molar-refractivity contribution in [3.8, 4) is 0 Å². The molecule has 1 aromatic carbocycles. The van der Waals surface area contributed by atoms with Crippen molar-refractivity contribution < 1.29 is 4.79 Å². The predicted molar refractivity (Wildman–Crippen MR) is 77.8 cm³/mol. The number of carbonyl (C=O) groups excluding carboxylic acids is 1. The smallest absolute Gasteiger partial charge is 0.179 e. The molecule has 0 spiro atoms. The molecule has 2 nitrogen and oxygen atoms in total. The lowest BCUT2D eigenvalue weighted by molar-refractivity contribution is 0.0942. The van der Waals surface area contributed by atoms with Crippen molar-refractivity contribution in [2.45, 2.75) is 45.1 Å². The molecule has 0 aliphatic heterocycles. The Balaban J connectivity index is 0.00000162. The van der Waals surface area contributed by atoms with E-state index >= 15 is 0 Å². The lowest BCUT2D eigenvalue weighted by atomic mass is 9.97. The molecule has 1 aliphatic rings. The van der Waals surface area contributed by atoms with Crippen LogP contribution in [0.15, 0.2) is 18.2 Å². The fourth-order valence-corrected chi connectivity index (χ4v) is 2.62. The van der Waals surface area contributed by atoms with E-state index in [4.69, 9.17) is 0 Å². The molecule has 1 aromatic rings. The van der Waals surface area contributed by atoms with Gasteiger partial charge in [0, 0.05) is 5.56 Å². The van der Waals surface area contributed by atoms with Crippen LogP contribution in [-0.4, -0.2) is 18.9 Å². The standard InChI is InChI=1S/C15H21NO.ClH/c1-3-5-14(16-2)15(17)13-9-8-11-6-4-7-12(11)10-13;/h8-10,14,16H,3-7H2,1-2H3;1H. The third kappa shape index (κ3) is 3.12. The van der Waals surface area contributed by atoms with E-state index in [1.807, 2.05) is 13.1 Å². The summed E-state index contributed by atoms with van der Waals surface area (Å²) in [6, 6.07) is 6.20. The molecule has 2 rings (SSSR count). The van der Waals surface area contributed by atoms with Gasteiger partial charge in [-0.05, 0) is 49.9 Å². The van der Waals surface area contributed by atoms with Crippen molar-refractivity contribution >= 4 is 18.2 Å². The molecular weight excluding hydrogens is 246 g/mol. The van der Waals surface area contributed by atoms with Crippen molar-refractivity contribution in [1.29, 1.82) is 0 Å². The molecule has 0 bridgehead atoms. The summed E-state index contributed by atoms with van der Waals surface area (Å²) in [5, 5.41) is 3.12. The van der Waals surface area contributed by atoms with Crippen LogP contribution in [0.25, 0.3) is 0 Å². The summed E-state index contributed by atoms with van der Waals surface area (Å²) in [4.78, 5) is 12.3. The fraction of sp³-hybridized carbons (Fsp3) is 0.533. The molecule has 1 unspecified atom stereocenters. The van der Waals surface area contributed by atoms with Crippen LogP contribution in [0.2, 0.25) is 0 Å². The number of ketones is 1. The van der Waals surface area contributed by atoms with Crippen LogP contribution in [0.5, 0.6) is 0 Å². The van der Waals surface area contributed by atoms with Crippen molar-refractivity contribution in [2.24, 2.45) is 0 Å². The maximum absolute atomic E-state index is 12.3. The van der Waals surface area contributed by atoms with Gasteiger partial charge in [-0.2, -0.15) is 0 Å². The Morgan fingerprint density at radius 2 is 2.06 bits per heavy atom. The molecule has 1 atom stereocenters. The molecule has 0 heterocycles. The van der Waals surface area contributed by atoms with E-state index in [1.54, 1.807) is 0 Å². The minimum atomic E-state index is -0.0283. The van der Waals surface area contributed by atoms with E-state index < -0.39 is 0 Å². The Bertz CT molecular complexity index is 417. The maximum atomic E-state index is 12.3. The summed E-state index contributed by atoms with van der Waals surface area (Å²) in [6.45, 7) is 2.11. The summed E-state index contributed by atoms with van der Waals surface area (Å²) < 4.78 is 0. The molecular formula is C15H22ClNO. The normalized spacial score (nSPS) is 14.8. The van der Waals surface area contributed by atoms with Crippen molar-refractivity contribution in [3.05, 3.63) is 34.9 Å². The number of Topliss-reactive ketones (excluding diaryl/α,β-unsaturated/α-hetero) is 1. The van der Waals surface area contributed by atoms with Gasteiger partial charge >= 0.3 is 0 Å². The minimum absolute atomic E-state index is 0. The van der Waals surface area contributed by atoms with Crippen LogP contribution >= 0.6 is 12.4 Å². The number of nitrogens with one attached hydrogen (secondary N) is 1. The van der Waals surface area contributed by atoms with Crippen LogP contribution in [0.1, 0.15) is 47.7 Å². The van der Waals surface area contributed by atoms with E-state index in [9.17, 15) is 4.79 Å². The van der Waals surface area contributed by atoms with Gasteiger partial charge in [0.15, 0.2) is 5.78 Å². The van der Waals surface area contributed by atoms with Crippen molar-refractivity contribution in [1.82, 2.24) is 5.32 Å². The van der Waals surface area contributed by atoms with Gasteiger partial charge in [0.05, 0.1) is 6.04 Å². The Labute approximate surface area is 116 Å². The summed E-state index contributed by atoms with van der Waals surface area (Å²) >= 11 is 0. The third-order valence-electron chi connectivity index (χ3n) is 3.63. The average molecular weight is 268 g/mol. The number of hydrogen-bond donors (Lipinski definition) is 1. The highest BCUT2D eigenvalue weighted by atomic mass is 35.5. The monoisotopic (exact) mass is 267 g/mol. The van der Waals surface area contributed by atoms with Crippen LogP contribution in [0, 0.1) is 0 Å². The van der Waals surface area contributed by atoms with Gasteiger partial charge in [-0.25, -0.2) is 0 Å². The number of aryl methyl sites for hydroxylation is 2. The van der Waals surface area contributed by atoms with Gasteiger partial charge in [-0.3, -0.25) is 4.79 Å². The molecule has 100 valence electrons. The van der Waals surface area contributed by atoms with Gasteiger partial charge in [0.25, 0.3) is 0 Å². The zero-order valence-electron chi connectivity index (χ0n) is 11.2. The number of rotatable bonds is 5. The van der Waals surface area contributed by atoms with Crippen LogP contribution in [0.3, 0.4) is 0 Å². The first kappa shape index (κ1) is 15.2. The Hall–Kier alpha value is -0.860. The maximum Gasteiger partial charge on any atom is 0.179 e. The van der Waals surface area contributed by atoms with Gasteiger partial charge in [0.2, 0.25) is 0 Å². The van der Waals surface area contributed by atoms with E-state index in [0.717, 1.165) is 24.8 Å². The highest BCUT2D eigenvalue weighted by Gasteiger charge is 2.19. The Morgan fingerprint density at radius 1 is 1.33 bits per heavy atom. The predicted octanol–water partition coefficient (Wildman–Crippen LogP) is 3.17. The topological polar surface area (TPSA) is 29.1 Å². The minimum Gasteiger partial charge on any atom is -0.310 e. The number of halogens is 1. The van der Waals surface area contributed by atoms with Crippen LogP contribution < -0.4 is 5.32 Å². The van der Waals surface area contributed by atoms with Gasteiger partial charge in [-0.1, -0.05) is 25.5 Å². The van der Waals surface area contributed by atoms with E-state index in [2.05, 4.69) is 24.4 Å². The van der Waals surface area contributed by atoms with E-state index in [0.29, 0.717) is 0 Å². The number of fused-ring (bicyclic) bond motifs is 1. The summed E-state index contributed by atoms with van der Waals surface area (Å²) in [6.07, 6.45) is 5.48. The number of benzene rings is 1. The molecule has 0 aromatic heterocycles.